The molecule has 10 heavy (non-hydrogen) atoms. The summed E-state index contributed by atoms with van der Waals surface area (Å²) in [5.74, 6) is 0.490. The zero-order chi connectivity index (χ0) is 7.40. The van der Waals surface area contributed by atoms with Gasteiger partial charge in [0.05, 0.1) is 6.61 Å². The van der Waals surface area contributed by atoms with Crippen LogP contribution in [0.3, 0.4) is 0 Å². The molecule has 0 aromatic carbocycles. The van der Waals surface area contributed by atoms with Crippen LogP contribution in [0.4, 0.5) is 4.79 Å². The molecule has 0 atom stereocenters. The van der Waals surface area contributed by atoms with Gasteiger partial charge in [-0.15, -0.1) is 0 Å². The second-order valence-corrected chi connectivity index (χ2v) is 2.27. The molecule has 1 aliphatic carbocycles. The van der Waals surface area contributed by atoms with E-state index in [1.807, 2.05) is 0 Å². The molecule has 0 amide bonds. The van der Waals surface area contributed by atoms with E-state index in [0.717, 1.165) is 12.8 Å². The van der Waals surface area contributed by atoms with Crippen molar-refractivity contribution < 1.29 is 14.3 Å². The number of carbonyl (C=O) groups excluding carboxylic acids is 1. The van der Waals surface area contributed by atoms with Gasteiger partial charge in [-0.05, 0) is 25.7 Å². The third-order valence-corrected chi connectivity index (χ3v) is 1.24. The van der Waals surface area contributed by atoms with Gasteiger partial charge in [0.1, 0.15) is 6.61 Å². The molecule has 0 saturated heterocycles. The van der Waals surface area contributed by atoms with Gasteiger partial charge in [-0.1, -0.05) is 0 Å². The quantitative estimate of drug-likeness (QED) is 0.564. The first-order chi connectivity index (χ1) is 4.83. The third-order valence-electron chi connectivity index (χ3n) is 1.24. The summed E-state index contributed by atoms with van der Waals surface area (Å²) in [4.78, 5) is 10.5. The van der Waals surface area contributed by atoms with E-state index >= 15 is 0 Å². The first-order valence-electron chi connectivity index (χ1n) is 3.49. The van der Waals surface area contributed by atoms with Gasteiger partial charge in [0.25, 0.3) is 0 Å². The normalized spacial score (nSPS) is 16.5. The lowest BCUT2D eigenvalue weighted by Crippen LogP contribution is -2.05. The maximum atomic E-state index is 10.5. The van der Waals surface area contributed by atoms with Gasteiger partial charge in [-0.2, -0.15) is 0 Å². The lowest BCUT2D eigenvalue weighted by Gasteiger charge is -2.00. The zero-order valence-corrected chi connectivity index (χ0v) is 6.00. The number of rotatable bonds is 3. The second kappa shape index (κ2) is 3.44. The molecule has 0 heterocycles. The van der Waals surface area contributed by atoms with Crippen LogP contribution in [-0.2, 0) is 9.47 Å². The summed E-state index contributed by atoms with van der Waals surface area (Å²) in [5.41, 5.74) is 0. The van der Waals surface area contributed by atoms with E-state index in [9.17, 15) is 4.79 Å². The molecule has 0 N–H and O–H groups in total. The molecule has 1 rings (SSSR count). The van der Waals surface area contributed by atoms with E-state index in [-0.39, 0.29) is 0 Å². The van der Waals surface area contributed by atoms with Crippen molar-refractivity contribution in [2.24, 2.45) is 5.92 Å². The van der Waals surface area contributed by atoms with E-state index in [2.05, 4.69) is 9.47 Å². The molecule has 0 aliphatic heterocycles. The summed E-state index contributed by atoms with van der Waals surface area (Å²) in [6.07, 6.45) is 1.69. The second-order valence-electron chi connectivity index (χ2n) is 2.27. The van der Waals surface area contributed by atoms with Crippen LogP contribution >= 0.6 is 0 Å². The summed E-state index contributed by atoms with van der Waals surface area (Å²) in [6.45, 7) is 3.67. The molecule has 0 spiro atoms. The Kier molecular flexibility index (Phi) is 2.54. The average Bonchev–Trinajstić information content (AvgIpc) is 2.67. The van der Waals surface area contributed by atoms with Gasteiger partial charge in [-0.3, -0.25) is 0 Å². The Labute approximate surface area is 60.3 Å². The van der Waals surface area contributed by atoms with Crippen LogP contribution in [0.25, 0.3) is 0 Å². The fourth-order valence-electron chi connectivity index (χ4n) is 0.536. The molecule has 0 aromatic heterocycles. The SMILES string of the molecule is CCOC(=O)O[CH]C1CC1. The van der Waals surface area contributed by atoms with Crippen molar-refractivity contribution in [3.63, 3.8) is 0 Å². The van der Waals surface area contributed by atoms with Crippen LogP contribution in [0.1, 0.15) is 19.8 Å². The third kappa shape index (κ3) is 2.71. The molecule has 0 unspecified atom stereocenters. The topological polar surface area (TPSA) is 35.5 Å². The molecule has 57 valence electrons. The Bertz CT molecular complexity index is 118. The summed E-state index contributed by atoms with van der Waals surface area (Å²) in [5, 5.41) is 0. The van der Waals surface area contributed by atoms with Crippen LogP contribution < -0.4 is 0 Å². The highest BCUT2D eigenvalue weighted by Gasteiger charge is 2.24. The molecular formula is C7H11O3. The molecule has 1 saturated carbocycles. The molecule has 0 aromatic rings. The lowest BCUT2D eigenvalue weighted by atomic mass is 10.5. The molecule has 3 heteroatoms. The monoisotopic (exact) mass is 143 g/mol. The van der Waals surface area contributed by atoms with Gasteiger partial charge in [0, 0.05) is 0 Å². The highest BCUT2D eigenvalue weighted by molar-refractivity contribution is 5.60. The van der Waals surface area contributed by atoms with E-state index in [1.165, 1.54) is 0 Å². The Hall–Kier alpha value is -0.730. The molecule has 1 aliphatic rings. The lowest BCUT2D eigenvalue weighted by molar-refractivity contribution is 0.0751. The van der Waals surface area contributed by atoms with Gasteiger partial charge in [0.2, 0.25) is 0 Å². The number of ether oxygens (including phenoxy) is 2. The van der Waals surface area contributed by atoms with Crippen LogP contribution in [0.5, 0.6) is 0 Å². The van der Waals surface area contributed by atoms with Crippen molar-refractivity contribution in [2.75, 3.05) is 6.61 Å². The minimum absolute atomic E-state index is 0.372. The Balaban J connectivity index is 1.94. The van der Waals surface area contributed by atoms with E-state index in [1.54, 1.807) is 13.5 Å². The first-order valence-corrected chi connectivity index (χ1v) is 3.49. The Morgan fingerprint density at radius 3 is 2.90 bits per heavy atom. The minimum Gasteiger partial charge on any atom is -0.435 e. The van der Waals surface area contributed by atoms with Crippen molar-refractivity contribution in [1.82, 2.24) is 0 Å². The minimum atomic E-state index is -0.589. The predicted molar refractivity (Wildman–Crippen MR) is 35.1 cm³/mol. The standard InChI is InChI=1S/C7H11O3/c1-2-9-7(8)10-5-6-3-4-6/h5-6H,2-4H2,1H3. The average molecular weight is 143 g/mol. The highest BCUT2D eigenvalue weighted by Crippen LogP contribution is 2.31. The van der Waals surface area contributed by atoms with Crippen molar-refractivity contribution in [2.45, 2.75) is 19.8 Å². The molecule has 1 radical (unpaired) electrons. The molecular weight excluding hydrogens is 132 g/mol. The zero-order valence-electron chi connectivity index (χ0n) is 6.00. The summed E-state index contributed by atoms with van der Waals surface area (Å²) >= 11 is 0. The molecule has 1 fully saturated rings. The van der Waals surface area contributed by atoms with E-state index in [4.69, 9.17) is 0 Å². The van der Waals surface area contributed by atoms with Gasteiger partial charge in [0.15, 0.2) is 0 Å². The maximum absolute atomic E-state index is 10.5. The van der Waals surface area contributed by atoms with Crippen molar-refractivity contribution >= 4 is 6.16 Å². The predicted octanol–water partition coefficient (Wildman–Crippen LogP) is 1.73. The Morgan fingerprint density at radius 2 is 2.40 bits per heavy atom. The number of hydrogen-bond donors (Lipinski definition) is 0. The van der Waals surface area contributed by atoms with Crippen LogP contribution in [0, 0.1) is 12.5 Å². The summed E-state index contributed by atoms with van der Waals surface area (Å²) in [7, 11) is 0. The van der Waals surface area contributed by atoms with Crippen LogP contribution in [0.15, 0.2) is 0 Å². The smallest absolute Gasteiger partial charge is 0.435 e. The van der Waals surface area contributed by atoms with Crippen LogP contribution in [0.2, 0.25) is 0 Å². The van der Waals surface area contributed by atoms with Crippen molar-refractivity contribution in [1.29, 1.82) is 0 Å². The Morgan fingerprint density at radius 1 is 1.70 bits per heavy atom. The van der Waals surface area contributed by atoms with E-state index < -0.39 is 6.16 Å². The van der Waals surface area contributed by atoms with Crippen molar-refractivity contribution in [3.05, 3.63) is 6.61 Å². The molecule has 3 nitrogen and oxygen atoms in total. The summed E-state index contributed by atoms with van der Waals surface area (Å²) in [6, 6.07) is 0. The highest BCUT2D eigenvalue weighted by atomic mass is 16.7. The summed E-state index contributed by atoms with van der Waals surface area (Å²) < 4.78 is 9.15. The fourth-order valence-corrected chi connectivity index (χ4v) is 0.536. The fraction of sp³-hybridized carbons (Fsp3) is 0.714. The number of carbonyl (C=O) groups is 1. The largest absolute Gasteiger partial charge is 0.508 e. The molecule has 0 bridgehead atoms. The number of hydrogen-bond acceptors (Lipinski definition) is 3. The van der Waals surface area contributed by atoms with Gasteiger partial charge < -0.3 is 9.47 Å². The first kappa shape index (κ1) is 7.38. The van der Waals surface area contributed by atoms with Crippen molar-refractivity contribution in [3.8, 4) is 0 Å². The van der Waals surface area contributed by atoms with Gasteiger partial charge in [-0.25, -0.2) is 4.79 Å². The van der Waals surface area contributed by atoms with E-state index in [0.29, 0.717) is 12.5 Å². The van der Waals surface area contributed by atoms with Gasteiger partial charge >= 0.3 is 6.16 Å². The van der Waals surface area contributed by atoms with Crippen LogP contribution in [-0.4, -0.2) is 12.8 Å². The maximum Gasteiger partial charge on any atom is 0.508 e.